The minimum Gasteiger partial charge on any atom is -0.493 e. The molecular weight excluding hydrogens is 467 g/mol. The highest BCUT2D eigenvalue weighted by molar-refractivity contribution is 5.94. The molecule has 0 fully saturated rings. The van der Waals surface area contributed by atoms with Crippen LogP contribution in [-0.2, 0) is 10.2 Å². The molecule has 0 bridgehead atoms. The summed E-state index contributed by atoms with van der Waals surface area (Å²) in [5.74, 6) is 0.995. The lowest BCUT2D eigenvalue weighted by molar-refractivity contribution is -0.117. The SMILES string of the molecule is C/C=C\C(CC)C1(c2c(C)cc(OCCCCC)cc2F)CCN/C=N/C2=C(CCCN2)C(=O)NCC1. The number of hydrogen-bond acceptors (Lipinski definition) is 5. The maximum atomic E-state index is 16.1. The fraction of sp³-hybridized carbons (Fsp3) is 0.600. The molecule has 6 nitrogen and oxygen atoms in total. The zero-order chi connectivity index (χ0) is 26.7. The van der Waals surface area contributed by atoms with E-state index in [1.54, 1.807) is 12.4 Å². The molecule has 0 spiro atoms. The molecule has 2 heterocycles. The molecule has 204 valence electrons. The quantitative estimate of drug-likeness (QED) is 0.295. The average Bonchev–Trinajstić information content (AvgIpc) is 2.88. The van der Waals surface area contributed by atoms with Crippen molar-refractivity contribution in [3.63, 3.8) is 0 Å². The van der Waals surface area contributed by atoms with Crippen LogP contribution >= 0.6 is 0 Å². The van der Waals surface area contributed by atoms with Crippen LogP contribution in [0, 0.1) is 18.7 Å². The lowest BCUT2D eigenvalue weighted by atomic mass is 9.63. The number of unbranched alkanes of at least 4 members (excludes halogenated alkanes) is 2. The second-order valence-corrected chi connectivity index (χ2v) is 10.2. The number of hydrogen-bond donors (Lipinski definition) is 3. The van der Waals surface area contributed by atoms with Crippen molar-refractivity contribution in [3.8, 4) is 5.75 Å². The van der Waals surface area contributed by atoms with E-state index >= 15 is 4.39 Å². The van der Waals surface area contributed by atoms with E-state index < -0.39 is 5.41 Å². The normalized spacial score (nSPS) is 22.7. The average molecular weight is 513 g/mol. The van der Waals surface area contributed by atoms with Crippen LogP contribution in [0.3, 0.4) is 0 Å². The van der Waals surface area contributed by atoms with Crippen molar-refractivity contribution in [1.29, 1.82) is 0 Å². The van der Waals surface area contributed by atoms with Crippen molar-refractivity contribution >= 4 is 12.2 Å². The molecule has 0 aliphatic carbocycles. The Balaban J connectivity index is 1.98. The van der Waals surface area contributed by atoms with Crippen molar-refractivity contribution in [2.75, 3.05) is 26.2 Å². The summed E-state index contributed by atoms with van der Waals surface area (Å²) in [6.45, 7) is 10.8. The molecule has 1 aromatic rings. The summed E-state index contributed by atoms with van der Waals surface area (Å²) in [4.78, 5) is 17.6. The first-order valence-corrected chi connectivity index (χ1v) is 14.0. The summed E-state index contributed by atoms with van der Waals surface area (Å²) in [5, 5.41) is 9.69. The topological polar surface area (TPSA) is 74.8 Å². The minimum absolute atomic E-state index is 0.0964. The van der Waals surface area contributed by atoms with Gasteiger partial charge in [-0.25, -0.2) is 9.38 Å². The molecule has 0 aromatic heterocycles. The van der Waals surface area contributed by atoms with Crippen molar-refractivity contribution in [3.05, 3.63) is 52.6 Å². The summed E-state index contributed by atoms with van der Waals surface area (Å²) in [6, 6.07) is 3.52. The smallest absolute Gasteiger partial charge is 0.250 e. The van der Waals surface area contributed by atoms with Gasteiger partial charge in [-0.05, 0) is 75.5 Å². The van der Waals surface area contributed by atoms with Crippen LogP contribution < -0.4 is 20.7 Å². The molecule has 7 heteroatoms. The molecule has 2 aliphatic rings. The summed E-state index contributed by atoms with van der Waals surface area (Å²) < 4.78 is 22.0. The fourth-order valence-electron chi connectivity index (χ4n) is 5.86. The Morgan fingerprint density at radius 2 is 1.97 bits per heavy atom. The van der Waals surface area contributed by atoms with Crippen LogP contribution in [-0.4, -0.2) is 38.5 Å². The van der Waals surface area contributed by atoms with Gasteiger partial charge in [-0.15, -0.1) is 0 Å². The number of aliphatic imine (C=N–C) groups is 1. The number of nitrogens with one attached hydrogen (secondary N) is 3. The number of amides is 1. The van der Waals surface area contributed by atoms with Gasteiger partial charge >= 0.3 is 0 Å². The van der Waals surface area contributed by atoms with Crippen LogP contribution in [0.15, 0.2) is 40.7 Å². The van der Waals surface area contributed by atoms with Gasteiger partial charge in [0.25, 0.3) is 5.91 Å². The number of halogens is 1. The number of benzene rings is 1. The molecule has 0 radical (unpaired) electrons. The van der Waals surface area contributed by atoms with Crippen LogP contribution in [0.1, 0.15) is 83.3 Å². The molecule has 3 N–H and O–H groups in total. The van der Waals surface area contributed by atoms with Crippen LogP contribution in [0.2, 0.25) is 0 Å². The molecule has 0 saturated carbocycles. The molecule has 1 aromatic carbocycles. The Kier molecular flexibility index (Phi) is 11.0. The molecule has 2 atom stereocenters. The standard InChI is InChI=1S/C30H45FN4O2/c1-5-8-9-18-37-24-19-22(4)27(26(31)20-24)30(23(7-3)11-6-2)13-16-32-21-35-28-25(12-10-15-33-28)29(36)34-17-14-30/h6,11,19-21,23,33H,5,7-10,12-18H2,1-4H3,(H,32,35)(H,34,36)/b11-6-. The van der Waals surface area contributed by atoms with E-state index in [9.17, 15) is 4.79 Å². The van der Waals surface area contributed by atoms with Crippen molar-refractivity contribution in [1.82, 2.24) is 16.0 Å². The first-order chi connectivity index (χ1) is 18.0. The third-order valence-corrected chi connectivity index (χ3v) is 7.66. The summed E-state index contributed by atoms with van der Waals surface area (Å²) in [6.07, 6.45) is 12.9. The van der Waals surface area contributed by atoms with E-state index in [0.29, 0.717) is 56.1 Å². The maximum Gasteiger partial charge on any atom is 0.250 e. The number of nitrogens with zero attached hydrogens (tertiary/aromatic N) is 1. The lowest BCUT2D eigenvalue weighted by Crippen LogP contribution is -2.43. The predicted octanol–water partition coefficient (Wildman–Crippen LogP) is 5.67. The molecule has 2 aliphatic heterocycles. The van der Waals surface area contributed by atoms with Gasteiger partial charge in [0.05, 0.1) is 18.5 Å². The van der Waals surface area contributed by atoms with E-state index in [1.807, 2.05) is 19.9 Å². The van der Waals surface area contributed by atoms with Crippen molar-refractivity contribution < 1.29 is 13.9 Å². The number of aryl methyl sites for hydroxylation is 1. The second kappa shape index (κ2) is 14.2. The van der Waals surface area contributed by atoms with E-state index in [4.69, 9.17) is 4.74 Å². The minimum atomic E-state index is -0.508. The number of ether oxygens (including phenoxy) is 1. The lowest BCUT2D eigenvalue weighted by Gasteiger charge is -2.42. The first-order valence-electron chi connectivity index (χ1n) is 14.0. The Labute approximate surface area is 222 Å². The van der Waals surface area contributed by atoms with Crippen molar-refractivity contribution in [2.45, 2.75) is 84.5 Å². The number of allylic oxidation sites excluding steroid dienone is 2. The predicted molar refractivity (Wildman–Crippen MR) is 149 cm³/mol. The van der Waals surface area contributed by atoms with Crippen LogP contribution in [0.4, 0.5) is 4.39 Å². The van der Waals surface area contributed by atoms with Gasteiger partial charge in [-0.1, -0.05) is 38.8 Å². The van der Waals surface area contributed by atoms with E-state index in [2.05, 4.69) is 46.9 Å². The molecule has 1 amide bonds. The molecule has 37 heavy (non-hydrogen) atoms. The fourth-order valence-corrected chi connectivity index (χ4v) is 5.86. The molecule has 2 unspecified atom stereocenters. The number of carbonyl (C=O) groups is 1. The van der Waals surface area contributed by atoms with Gasteiger partial charge in [-0.2, -0.15) is 0 Å². The Bertz CT molecular complexity index is 980. The van der Waals surface area contributed by atoms with Gasteiger partial charge < -0.3 is 20.7 Å². The highest BCUT2D eigenvalue weighted by Crippen LogP contribution is 2.45. The van der Waals surface area contributed by atoms with E-state index in [-0.39, 0.29) is 17.6 Å². The van der Waals surface area contributed by atoms with Crippen molar-refractivity contribution in [2.24, 2.45) is 10.9 Å². The second-order valence-electron chi connectivity index (χ2n) is 10.2. The van der Waals surface area contributed by atoms with Crippen LogP contribution in [0.25, 0.3) is 0 Å². The van der Waals surface area contributed by atoms with E-state index in [1.165, 1.54) is 0 Å². The summed E-state index contributed by atoms with van der Waals surface area (Å²) in [7, 11) is 0. The Morgan fingerprint density at radius 1 is 1.16 bits per heavy atom. The van der Waals surface area contributed by atoms with Gasteiger partial charge in [0.2, 0.25) is 0 Å². The maximum absolute atomic E-state index is 16.1. The third kappa shape index (κ3) is 7.14. The number of carbonyl (C=O) groups excluding carboxylic acids is 1. The zero-order valence-corrected chi connectivity index (χ0v) is 23.1. The van der Waals surface area contributed by atoms with Gasteiger partial charge in [-0.3, -0.25) is 4.79 Å². The monoisotopic (exact) mass is 512 g/mol. The van der Waals surface area contributed by atoms with Crippen LogP contribution in [0.5, 0.6) is 5.75 Å². The molecule has 3 rings (SSSR count). The highest BCUT2D eigenvalue weighted by atomic mass is 19.1. The number of rotatable bonds is 9. The van der Waals surface area contributed by atoms with Gasteiger partial charge in [0.1, 0.15) is 17.4 Å². The summed E-state index contributed by atoms with van der Waals surface area (Å²) in [5.41, 5.74) is 1.79. The van der Waals surface area contributed by atoms with E-state index in [0.717, 1.165) is 49.8 Å². The highest BCUT2D eigenvalue weighted by Gasteiger charge is 2.41. The molecule has 0 saturated heterocycles. The third-order valence-electron chi connectivity index (χ3n) is 7.66. The summed E-state index contributed by atoms with van der Waals surface area (Å²) >= 11 is 0. The first kappa shape index (κ1) is 28.7. The van der Waals surface area contributed by atoms with Gasteiger partial charge in [0.15, 0.2) is 0 Å². The Hall–Kier alpha value is -2.83. The van der Waals surface area contributed by atoms with Gasteiger partial charge in [0, 0.05) is 31.1 Å². The Morgan fingerprint density at radius 3 is 2.70 bits per heavy atom. The largest absolute Gasteiger partial charge is 0.493 e. The zero-order valence-electron chi connectivity index (χ0n) is 23.1. The molecular formula is C30H45FN4O2.